The zero-order chi connectivity index (χ0) is 13.9. The second kappa shape index (κ2) is 5.36. The number of hydrogen-bond donors (Lipinski definition) is 1. The lowest BCUT2D eigenvalue weighted by atomic mass is 10.3. The fourth-order valence-corrected chi connectivity index (χ4v) is 2.08. The number of amides is 2. The van der Waals surface area contributed by atoms with Gasteiger partial charge in [0.25, 0.3) is 0 Å². The summed E-state index contributed by atoms with van der Waals surface area (Å²) in [6.45, 7) is 0.967. The Morgan fingerprint density at radius 2 is 2.45 bits per heavy atom. The van der Waals surface area contributed by atoms with Crippen molar-refractivity contribution in [1.82, 2.24) is 25.2 Å². The quantitative estimate of drug-likeness (QED) is 0.892. The molecule has 7 heteroatoms. The van der Waals surface area contributed by atoms with Gasteiger partial charge in [-0.3, -0.25) is 4.68 Å². The van der Waals surface area contributed by atoms with E-state index in [0.717, 1.165) is 24.1 Å². The standard InChI is InChI=1S/C13H17N5O2/c1-17-8-11(15-16-17)6-14-13(19)18(12-2-3-12)7-10-4-5-20-9-10/h4-5,8-9,12H,2-3,6-7H2,1H3,(H,14,19). The fourth-order valence-electron chi connectivity index (χ4n) is 2.08. The second-order valence-corrected chi connectivity index (χ2v) is 5.03. The summed E-state index contributed by atoms with van der Waals surface area (Å²) in [5.74, 6) is 0. The van der Waals surface area contributed by atoms with E-state index in [9.17, 15) is 4.79 Å². The predicted molar refractivity (Wildman–Crippen MR) is 70.5 cm³/mol. The van der Waals surface area contributed by atoms with Crippen molar-refractivity contribution in [2.45, 2.75) is 32.0 Å². The molecule has 0 saturated heterocycles. The number of nitrogens with zero attached hydrogens (tertiary/aromatic N) is 4. The van der Waals surface area contributed by atoms with Crippen LogP contribution in [0.25, 0.3) is 0 Å². The molecule has 0 aliphatic heterocycles. The highest BCUT2D eigenvalue weighted by atomic mass is 16.3. The third-order valence-corrected chi connectivity index (χ3v) is 3.25. The van der Waals surface area contributed by atoms with Crippen LogP contribution < -0.4 is 5.32 Å². The van der Waals surface area contributed by atoms with Crippen LogP contribution in [0.15, 0.2) is 29.2 Å². The van der Waals surface area contributed by atoms with E-state index in [2.05, 4.69) is 15.6 Å². The molecule has 0 spiro atoms. The molecule has 0 unspecified atom stereocenters. The Morgan fingerprint density at radius 3 is 3.05 bits per heavy atom. The van der Waals surface area contributed by atoms with Gasteiger partial charge in [-0.25, -0.2) is 4.79 Å². The molecule has 1 saturated carbocycles. The minimum atomic E-state index is -0.0700. The molecule has 2 amide bonds. The molecular weight excluding hydrogens is 258 g/mol. The molecule has 1 N–H and O–H groups in total. The molecule has 0 radical (unpaired) electrons. The Balaban J connectivity index is 1.58. The maximum absolute atomic E-state index is 12.3. The molecule has 2 aromatic rings. The van der Waals surface area contributed by atoms with Crippen LogP contribution >= 0.6 is 0 Å². The summed E-state index contributed by atoms with van der Waals surface area (Å²) in [5, 5.41) is 10.7. The molecular formula is C13H17N5O2. The molecule has 2 aromatic heterocycles. The Kier molecular flexibility index (Phi) is 3.41. The Morgan fingerprint density at radius 1 is 1.60 bits per heavy atom. The minimum absolute atomic E-state index is 0.0700. The largest absolute Gasteiger partial charge is 0.472 e. The number of nitrogens with one attached hydrogen (secondary N) is 1. The predicted octanol–water partition coefficient (Wildman–Crippen LogP) is 1.28. The van der Waals surface area contributed by atoms with Gasteiger partial charge in [0.05, 0.1) is 25.6 Å². The number of carbonyl (C=O) groups excluding carboxylic acids is 1. The molecule has 0 aromatic carbocycles. The average molecular weight is 275 g/mol. The van der Waals surface area contributed by atoms with Crippen molar-refractivity contribution in [3.63, 3.8) is 0 Å². The Bertz CT molecular complexity index is 573. The van der Waals surface area contributed by atoms with Crippen molar-refractivity contribution in [1.29, 1.82) is 0 Å². The lowest BCUT2D eigenvalue weighted by Gasteiger charge is -2.21. The van der Waals surface area contributed by atoms with Gasteiger partial charge < -0.3 is 14.6 Å². The first-order valence-electron chi connectivity index (χ1n) is 6.63. The van der Waals surface area contributed by atoms with E-state index < -0.39 is 0 Å². The lowest BCUT2D eigenvalue weighted by Crippen LogP contribution is -2.40. The molecule has 2 heterocycles. The summed E-state index contributed by atoms with van der Waals surface area (Å²) in [7, 11) is 1.80. The summed E-state index contributed by atoms with van der Waals surface area (Å²) in [5.41, 5.74) is 1.76. The van der Waals surface area contributed by atoms with Crippen LogP contribution in [-0.2, 0) is 20.1 Å². The minimum Gasteiger partial charge on any atom is -0.472 e. The maximum Gasteiger partial charge on any atom is 0.318 e. The van der Waals surface area contributed by atoms with Gasteiger partial charge in [0.1, 0.15) is 5.69 Å². The monoisotopic (exact) mass is 275 g/mol. The molecule has 0 atom stereocenters. The first-order valence-corrected chi connectivity index (χ1v) is 6.63. The molecule has 0 bridgehead atoms. The summed E-state index contributed by atoms with van der Waals surface area (Å²) in [6.07, 6.45) is 7.22. The van der Waals surface area contributed by atoms with E-state index >= 15 is 0 Å². The fraction of sp³-hybridized carbons (Fsp3) is 0.462. The lowest BCUT2D eigenvalue weighted by molar-refractivity contribution is 0.191. The topological polar surface area (TPSA) is 76.2 Å². The van der Waals surface area contributed by atoms with Gasteiger partial charge in [-0.05, 0) is 18.9 Å². The van der Waals surface area contributed by atoms with Crippen LogP contribution in [0.2, 0.25) is 0 Å². The van der Waals surface area contributed by atoms with Crippen molar-refractivity contribution in [2.75, 3.05) is 0 Å². The van der Waals surface area contributed by atoms with Crippen LogP contribution in [0, 0.1) is 0 Å². The average Bonchev–Trinajstić information content (AvgIpc) is 2.97. The van der Waals surface area contributed by atoms with E-state index in [0.29, 0.717) is 19.1 Å². The number of carbonyl (C=O) groups is 1. The number of rotatable bonds is 5. The van der Waals surface area contributed by atoms with Crippen molar-refractivity contribution >= 4 is 6.03 Å². The van der Waals surface area contributed by atoms with Gasteiger partial charge in [-0.2, -0.15) is 0 Å². The number of urea groups is 1. The number of aryl methyl sites for hydroxylation is 1. The van der Waals surface area contributed by atoms with Gasteiger partial charge in [0, 0.05) is 24.8 Å². The highest BCUT2D eigenvalue weighted by Crippen LogP contribution is 2.28. The highest BCUT2D eigenvalue weighted by molar-refractivity contribution is 5.74. The normalized spacial score (nSPS) is 14.2. The Hall–Kier alpha value is -2.31. The summed E-state index contributed by atoms with van der Waals surface area (Å²) in [4.78, 5) is 14.1. The van der Waals surface area contributed by atoms with Gasteiger partial charge >= 0.3 is 6.03 Å². The molecule has 3 rings (SSSR count). The van der Waals surface area contributed by atoms with E-state index in [1.807, 2.05) is 11.0 Å². The Labute approximate surface area is 116 Å². The summed E-state index contributed by atoms with van der Waals surface area (Å²) < 4.78 is 6.66. The maximum atomic E-state index is 12.3. The number of aromatic nitrogens is 3. The van der Waals surface area contributed by atoms with Crippen molar-refractivity contribution < 1.29 is 9.21 Å². The molecule has 1 fully saturated rings. The van der Waals surface area contributed by atoms with Gasteiger partial charge in [-0.15, -0.1) is 5.10 Å². The first kappa shape index (κ1) is 12.7. The van der Waals surface area contributed by atoms with Gasteiger partial charge in [0.2, 0.25) is 0 Å². The van der Waals surface area contributed by atoms with Crippen molar-refractivity contribution in [2.24, 2.45) is 7.05 Å². The smallest absolute Gasteiger partial charge is 0.318 e. The number of hydrogen-bond acceptors (Lipinski definition) is 4. The van der Waals surface area contributed by atoms with Gasteiger partial charge in [-0.1, -0.05) is 5.21 Å². The summed E-state index contributed by atoms with van der Waals surface area (Å²) in [6, 6.07) is 2.15. The van der Waals surface area contributed by atoms with Crippen molar-refractivity contribution in [3.05, 3.63) is 36.0 Å². The molecule has 106 valence electrons. The number of furan rings is 1. The molecule has 1 aliphatic carbocycles. The van der Waals surface area contributed by atoms with Crippen LogP contribution in [-0.4, -0.2) is 32.0 Å². The van der Waals surface area contributed by atoms with Crippen LogP contribution in [0.3, 0.4) is 0 Å². The van der Waals surface area contributed by atoms with Crippen LogP contribution in [0.4, 0.5) is 4.79 Å². The van der Waals surface area contributed by atoms with Gasteiger partial charge in [0.15, 0.2) is 0 Å². The third kappa shape index (κ3) is 2.98. The van der Waals surface area contributed by atoms with Crippen LogP contribution in [0.1, 0.15) is 24.1 Å². The third-order valence-electron chi connectivity index (χ3n) is 3.25. The zero-order valence-electron chi connectivity index (χ0n) is 11.3. The summed E-state index contributed by atoms with van der Waals surface area (Å²) >= 11 is 0. The second-order valence-electron chi connectivity index (χ2n) is 5.03. The molecule has 1 aliphatic rings. The van der Waals surface area contributed by atoms with E-state index in [-0.39, 0.29) is 6.03 Å². The molecule has 7 nitrogen and oxygen atoms in total. The van der Waals surface area contributed by atoms with E-state index in [4.69, 9.17) is 4.42 Å². The highest BCUT2D eigenvalue weighted by Gasteiger charge is 2.32. The van der Waals surface area contributed by atoms with E-state index in [1.54, 1.807) is 30.5 Å². The van der Waals surface area contributed by atoms with Crippen molar-refractivity contribution in [3.8, 4) is 0 Å². The van der Waals surface area contributed by atoms with E-state index in [1.165, 1.54) is 0 Å². The zero-order valence-corrected chi connectivity index (χ0v) is 11.3. The molecule has 20 heavy (non-hydrogen) atoms. The first-order chi connectivity index (χ1) is 9.72. The SMILES string of the molecule is Cn1cc(CNC(=O)N(Cc2ccoc2)C2CC2)nn1. The van der Waals surface area contributed by atoms with Crippen LogP contribution in [0.5, 0.6) is 0 Å².